The van der Waals surface area contributed by atoms with Crippen LogP contribution < -0.4 is 10.5 Å². The van der Waals surface area contributed by atoms with Gasteiger partial charge in [-0.05, 0) is 12.1 Å². The Balaban J connectivity index is 0.00000289. The number of halogens is 1. The van der Waals surface area contributed by atoms with E-state index in [0.717, 1.165) is 7.11 Å². The highest BCUT2D eigenvalue weighted by Gasteiger charge is 2.25. The summed E-state index contributed by atoms with van der Waals surface area (Å²) in [4.78, 5) is 14.9. The minimum Gasteiger partial charge on any atom is -0.468 e. The molecule has 1 atom stereocenters. The van der Waals surface area contributed by atoms with Gasteiger partial charge >= 0.3 is 5.97 Å². The van der Waals surface area contributed by atoms with Crippen molar-refractivity contribution in [3.8, 4) is 0 Å². The van der Waals surface area contributed by atoms with Gasteiger partial charge in [0.2, 0.25) is 10.0 Å². The number of ether oxygens (including phenoxy) is 1. The fourth-order valence-corrected chi connectivity index (χ4v) is 2.26. The molecule has 0 aliphatic rings. The normalized spacial score (nSPS) is 12.3. The van der Waals surface area contributed by atoms with Crippen molar-refractivity contribution >= 4 is 28.4 Å². The second-order valence-corrected chi connectivity index (χ2v) is 4.84. The minimum absolute atomic E-state index is 0. The molecule has 7 nitrogen and oxygen atoms in total. The molecule has 0 radical (unpaired) electrons. The largest absolute Gasteiger partial charge is 0.468 e. The highest BCUT2D eigenvalue weighted by atomic mass is 35.5. The van der Waals surface area contributed by atoms with E-state index in [1.807, 2.05) is 0 Å². The molecular weight excluding hydrogens is 282 g/mol. The number of carbonyl (C=O) groups excluding carboxylic acids is 1. The topological polar surface area (TPSA) is 111 Å². The van der Waals surface area contributed by atoms with Crippen molar-refractivity contribution in [2.45, 2.75) is 10.9 Å². The van der Waals surface area contributed by atoms with E-state index in [1.54, 1.807) is 0 Å². The summed E-state index contributed by atoms with van der Waals surface area (Å²) in [5.41, 5.74) is 5.29. The third kappa shape index (κ3) is 4.22. The molecule has 1 aromatic rings. The number of nitrogens with zero attached hydrogens (tertiary/aromatic N) is 1. The zero-order chi connectivity index (χ0) is 12.9. The summed E-state index contributed by atoms with van der Waals surface area (Å²) in [6.07, 6.45) is 2.62. The Kier molecular flexibility index (Phi) is 6.77. The van der Waals surface area contributed by atoms with E-state index in [9.17, 15) is 13.2 Å². The van der Waals surface area contributed by atoms with E-state index in [0.29, 0.717) is 0 Å². The van der Waals surface area contributed by atoms with Crippen LogP contribution in [-0.4, -0.2) is 39.1 Å². The monoisotopic (exact) mass is 295 g/mol. The van der Waals surface area contributed by atoms with Crippen molar-refractivity contribution in [1.29, 1.82) is 0 Å². The van der Waals surface area contributed by atoms with Gasteiger partial charge in [0.15, 0.2) is 0 Å². The average molecular weight is 296 g/mol. The summed E-state index contributed by atoms with van der Waals surface area (Å²) in [6, 6.07) is 1.73. The van der Waals surface area contributed by atoms with Crippen LogP contribution in [0.2, 0.25) is 0 Å². The molecule has 1 rings (SSSR count). The van der Waals surface area contributed by atoms with Crippen molar-refractivity contribution < 1.29 is 17.9 Å². The maximum absolute atomic E-state index is 11.8. The number of esters is 1. The number of hydrogen-bond donors (Lipinski definition) is 2. The lowest BCUT2D eigenvalue weighted by Crippen LogP contribution is -2.46. The molecule has 1 heterocycles. The van der Waals surface area contributed by atoms with Crippen LogP contribution in [0.3, 0.4) is 0 Å². The van der Waals surface area contributed by atoms with Crippen molar-refractivity contribution in [1.82, 2.24) is 9.71 Å². The number of nitrogens with one attached hydrogen (secondary N) is 1. The van der Waals surface area contributed by atoms with E-state index in [4.69, 9.17) is 5.73 Å². The van der Waals surface area contributed by atoms with Crippen molar-refractivity contribution in [3.63, 3.8) is 0 Å². The number of hydrogen-bond acceptors (Lipinski definition) is 6. The first-order chi connectivity index (χ1) is 8.01. The van der Waals surface area contributed by atoms with Crippen LogP contribution in [0.5, 0.6) is 0 Å². The van der Waals surface area contributed by atoms with E-state index < -0.39 is 22.0 Å². The van der Waals surface area contributed by atoms with Gasteiger partial charge in [0.1, 0.15) is 10.9 Å². The molecule has 0 saturated carbocycles. The predicted octanol–water partition coefficient (Wildman–Crippen LogP) is -0.718. The molecule has 0 aliphatic heterocycles. The molecule has 0 amide bonds. The van der Waals surface area contributed by atoms with Gasteiger partial charge in [-0.2, -0.15) is 4.72 Å². The third-order valence-electron chi connectivity index (χ3n) is 1.96. The number of sulfonamides is 1. The molecule has 3 N–H and O–H groups in total. The summed E-state index contributed by atoms with van der Waals surface area (Å²) >= 11 is 0. The summed E-state index contributed by atoms with van der Waals surface area (Å²) in [6.45, 7) is -0.188. The number of methoxy groups -OCH3 is 1. The van der Waals surface area contributed by atoms with Gasteiger partial charge in [0.25, 0.3) is 0 Å². The Morgan fingerprint density at radius 1 is 1.61 bits per heavy atom. The molecule has 9 heteroatoms. The lowest BCUT2D eigenvalue weighted by molar-refractivity contribution is -0.142. The molecule has 0 aromatic carbocycles. The summed E-state index contributed by atoms with van der Waals surface area (Å²) in [5, 5.41) is 0. The lowest BCUT2D eigenvalue weighted by Gasteiger charge is -2.14. The van der Waals surface area contributed by atoms with Gasteiger partial charge < -0.3 is 10.5 Å². The highest BCUT2D eigenvalue weighted by molar-refractivity contribution is 7.89. The molecule has 0 bridgehead atoms. The summed E-state index contributed by atoms with van der Waals surface area (Å²) in [7, 11) is -2.66. The fourth-order valence-electron chi connectivity index (χ4n) is 1.10. The third-order valence-corrected chi connectivity index (χ3v) is 3.42. The Morgan fingerprint density at radius 3 is 2.72 bits per heavy atom. The molecule has 0 spiro atoms. The van der Waals surface area contributed by atoms with E-state index in [1.165, 1.54) is 24.5 Å². The van der Waals surface area contributed by atoms with Crippen molar-refractivity contribution in [2.75, 3.05) is 13.7 Å². The Morgan fingerprint density at radius 2 is 2.28 bits per heavy atom. The van der Waals surface area contributed by atoms with E-state index in [-0.39, 0.29) is 23.8 Å². The molecule has 0 aliphatic carbocycles. The number of carbonyl (C=O) groups is 1. The van der Waals surface area contributed by atoms with Crippen LogP contribution in [-0.2, 0) is 19.6 Å². The van der Waals surface area contributed by atoms with Crippen LogP contribution in [0.25, 0.3) is 0 Å². The first-order valence-electron chi connectivity index (χ1n) is 4.71. The predicted molar refractivity (Wildman–Crippen MR) is 66.7 cm³/mol. The smallest absolute Gasteiger partial charge is 0.325 e. The van der Waals surface area contributed by atoms with Crippen LogP contribution >= 0.6 is 12.4 Å². The number of rotatable bonds is 5. The molecule has 0 saturated heterocycles. The average Bonchev–Trinajstić information content (AvgIpc) is 2.36. The Bertz CT molecular complexity index is 480. The van der Waals surface area contributed by atoms with E-state index in [2.05, 4.69) is 14.4 Å². The molecular formula is C9H14ClN3O4S. The second kappa shape index (κ2) is 7.27. The minimum atomic E-state index is -3.82. The molecule has 18 heavy (non-hydrogen) atoms. The van der Waals surface area contributed by atoms with Gasteiger partial charge in [-0.3, -0.25) is 9.78 Å². The SMILES string of the molecule is COC(=O)C(CN)NS(=O)(=O)c1cccnc1.Cl. The summed E-state index contributed by atoms with van der Waals surface area (Å²) < 4.78 is 30.2. The number of pyridine rings is 1. The number of nitrogens with two attached hydrogens (primary N) is 1. The fraction of sp³-hybridized carbons (Fsp3) is 0.333. The van der Waals surface area contributed by atoms with Gasteiger partial charge in [-0.25, -0.2) is 8.42 Å². The standard InChI is InChI=1S/C9H13N3O4S.ClH/c1-16-9(13)8(5-10)12-17(14,15)7-3-2-4-11-6-7;/h2-4,6,8,12H,5,10H2,1H3;1H. The summed E-state index contributed by atoms with van der Waals surface area (Å²) in [5.74, 6) is -0.736. The van der Waals surface area contributed by atoms with Crippen LogP contribution in [0.15, 0.2) is 29.4 Å². The first kappa shape index (κ1) is 16.8. The molecule has 1 aromatic heterocycles. The number of aromatic nitrogens is 1. The lowest BCUT2D eigenvalue weighted by atomic mass is 10.3. The molecule has 1 unspecified atom stereocenters. The van der Waals surface area contributed by atoms with Crippen LogP contribution in [0.4, 0.5) is 0 Å². The highest BCUT2D eigenvalue weighted by Crippen LogP contribution is 2.06. The molecule has 102 valence electrons. The molecule has 0 fully saturated rings. The van der Waals surface area contributed by atoms with Crippen LogP contribution in [0.1, 0.15) is 0 Å². The van der Waals surface area contributed by atoms with Crippen molar-refractivity contribution in [2.24, 2.45) is 5.73 Å². The van der Waals surface area contributed by atoms with Crippen molar-refractivity contribution in [3.05, 3.63) is 24.5 Å². The van der Waals surface area contributed by atoms with E-state index >= 15 is 0 Å². The van der Waals surface area contributed by atoms with Gasteiger partial charge in [0.05, 0.1) is 7.11 Å². The Labute approximate surface area is 111 Å². The first-order valence-corrected chi connectivity index (χ1v) is 6.20. The second-order valence-electron chi connectivity index (χ2n) is 3.12. The maximum Gasteiger partial charge on any atom is 0.325 e. The van der Waals surface area contributed by atoms with Gasteiger partial charge in [-0.1, -0.05) is 0 Å². The zero-order valence-corrected chi connectivity index (χ0v) is 11.2. The Hall–Kier alpha value is -1.22. The van der Waals surface area contributed by atoms with Gasteiger partial charge in [-0.15, -0.1) is 12.4 Å². The van der Waals surface area contributed by atoms with Gasteiger partial charge in [0, 0.05) is 18.9 Å². The maximum atomic E-state index is 11.8. The zero-order valence-electron chi connectivity index (χ0n) is 9.57. The quantitative estimate of drug-likeness (QED) is 0.694. The van der Waals surface area contributed by atoms with Crippen LogP contribution in [0, 0.1) is 0 Å².